The first-order valence-corrected chi connectivity index (χ1v) is 9.30. The number of fused-ring (bicyclic) bond motifs is 4. The summed E-state index contributed by atoms with van der Waals surface area (Å²) in [5.74, 6) is 0.818. The van der Waals surface area contributed by atoms with E-state index in [9.17, 15) is 4.79 Å². The molecule has 1 aliphatic heterocycles. The SMILES string of the molecule is O=c1c2c3c(sc2nc2ccc(N4CCOCC4)nn12)CCCC3. The number of hydrogen-bond donors (Lipinski definition) is 0. The number of nitrogens with zero attached hydrogens (tertiary/aromatic N) is 4. The van der Waals surface area contributed by atoms with Crippen molar-refractivity contribution in [2.75, 3.05) is 31.2 Å². The van der Waals surface area contributed by atoms with Gasteiger partial charge in [-0.05, 0) is 43.4 Å². The Morgan fingerprint density at radius 2 is 1.96 bits per heavy atom. The lowest BCUT2D eigenvalue weighted by atomic mass is 9.97. The van der Waals surface area contributed by atoms with Crippen LogP contribution in [0, 0.1) is 0 Å². The Morgan fingerprint density at radius 1 is 1.12 bits per heavy atom. The van der Waals surface area contributed by atoms with E-state index >= 15 is 0 Å². The number of aryl methyl sites for hydroxylation is 2. The lowest BCUT2D eigenvalue weighted by Gasteiger charge is -2.27. The summed E-state index contributed by atoms with van der Waals surface area (Å²) in [5.41, 5.74) is 1.82. The third-order valence-corrected chi connectivity index (χ3v) is 6.10. The largest absolute Gasteiger partial charge is 0.378 e. The van der Waals surface area contributed by atoms with Crippen molar-refractivity contribution in [3.8, 4) is 0 Å². The number of thiophene rings is 1. The lowest BCUT2D eigenvalue weighted by molar-refractivity contribution is 0.122. The van der Waals surface area contributed by atoms with Crippen LogP contribution in [0.2, 0.25) is 0 Å². The maximum absolute atomic E-state index is 13.1. The molecule has 0 spiro atoms. The second-order valence-electron chi connectivity index (χ2n) is 6.37. The zero-order chi connectivity index (χ0) is 16.1. The number of rotatable bonds is 1. The standard InChI is InChI=1S/C17H18N4O2S/c22-17-15-11-3-1-2-4-12(11)24-16(15)18-13-5-6-14(19-21(13)17)20-7-9-23-10-8-20/h5-6H,1-4,7-10H2. The highest BCUT2D eigenvalue weighted by Gasteiger charge is 2.21. The summed E-state index contributed by atoms with van der Waals surface area (Å²) in [5, 5.41) is 5.38. The highest BCUT2D eigenvalue weighted by molar-refractivity contribution is 7.18. The van der Waals surface area contributed by atoms with Crippen LogP contribution in [-0.2, 0) is 17.6 Å². The molecule has 2 aliphatic rings. The molecule has 0 bridgehead atoms. The molecule has 7 heteroatoms. The van der Waals surface area contributed by atoms with Crippen molar-refractivity contribution in [1.82, 2.24) is 14.6 Å². The van der Waals surface area contributed by atoms with E-state index in [0.29, 0.717) is 18.9 Å². The van der Waals surface area contributed by atoms with Crippen LogP contribution in [0.25, 0.3) is 15.9 Å². The number of ether oxygens (including phenoxy) is 1. The van der Waals surface area contributed by atoms with Gasteiger partial charge in [-0.25, -0.2) is 4.98 Å². The van der Waals surface area contributed by atoms with Gasteiger partial charge in [0.25, 0.3) is 5.56 Å². The fourth-order valence-electron chi connectivity index (χ4n) is 3.66. The Morgan fingerprint density at radius 3 is 2.83 bits per heavy atom. The zero-order valence-electron chi connectivity index (χ0n) is 13.3. The fourth-order valence-corrected chi connectivity index (χ4v) is 4.92. The van der Waals surface area contributed by atoms with E-state index in [4.69, 9.17) is 9.72 Å². The highest BCUT2D eigenvalue weighted by Crippen LogP contribution is 2.33. The predicted octanol–water partition coefficient (Wildman–Crippen LogP) is 2.02. The average molecular weight is 342 g/mol. The molecule has 1 fully saturated rings. The maximum atomic E-state index is 13.1. The minimum absolute atomic E-state index is 0.0236. The smallest absolute Gasteiger partial charge is 0.283 e. The Balaban J connectivity index is 1.72. The summed E-state index contributed by atoms with van der Waals surface area (Å²) in [6.45, 7) is 3.00. The van der Waals surface area contributed by atoms with Crippen molar-refractivity contribution in [2.45, 2.75) is 25.7 Å². The van der Waals surface area contributed by atoms with Crippen molar-refractivity contribution >= 4 is 33.0 Å². The van der Waals surface area contributed by atoms with Crippen LogP contribution in [-0.4, -0.2) is 40.9 Å². The van der Waals surface area contributed by atoms with Crippen LogP contribution >= 0.6 is 11.3 Å². The molecule has 0 radical (unpaired) electrons. The Labute approximate surface area is 142 Å². The fraction of sp³-hybridized carbons (Fsp3) is 0.471. The monoisotopic (exact) mass is 342 g/mol. The molecule has 124 valence electrons. The summed E-state index contributed by atoms with van der Waals surface area (Å²) < 4.78 is 6.87. The molecule has 1 saturated heterocycles. The van der Waals surface area contributed by atoms with E-state index in [1.165, 1.54) is 21.4 Å². The molecule has 4 heterocycles. The molecule has 5 rings (SSSR count). The van der Waals surface area contributed by atoms with Gasteiger partial charge in [0, 0.05) is 18.0 Å². The molecule has 3 aromatic rings. The quantitative estimate of drug-likeness (QED) is 0.677. The van der Waals surface area contributed by atoms with Gasteiger partial charge in [0.05, 0.1) is 18.6 Å². The molecule has 0 aromatic carbocycles. The van der Waals surface area contributed by atoms with Crippen molar-refractivity contribution in [3.63, 3.8) is 0 Å². The van der Waals surface area contributed by atoms with Crippen LogP contribution < -0.4 is 10.5 Å². The van der Waals surface area contributed by atoms with Crippen molar-refractivity contribution in [3.05, 3.63) is 32.9 Å². The predicted molar refractivity (Wildman–Crippen MR) is 94.3 cm³/mol. The number of morpholine rings is 1. The summed E-state index contributed by atoms with van der Waals surface area (Å²) in [6, 6.07) is 3.85. The van der Waals surface area contributed by atoms with Crippen molar-refractivity contribution in [2.24, 2.45) is 0 Å². The van der Waals surface area contributed by atoms with Gasteiger partial charge in [0.1, 0.15) is 10.6 Å². The molecule has 0 saturated carbocycles. The first kappa shape index (κ1) is 14.4. The second kappa shape index (κ2) is 5.53. The number of aromatic nitrogens is 3. The Kier molecular flexibility index (Phi) is 3.31. The molecule has 3 aromatic heterocycles. The van der Waals surface area contributed by atoms with Gasteiger partial charge in [0.15, 0.2) is 5.65 Å². The summed E-state index contributed by atoms with van der Waals surface area (Å²) in [4.78, 5) is 22.1. The van der Waals surface area contributed by atoms with Gasteiger partial charge in [-0.15, -0.1) is 16.4 Å². The van der Waals surface area contributed by atoms with Gasteiger partial charge in [-0.2, -0.15) is 4.52 Å². The topological polar surface area (TPSA) is 59.7 Å². The Bertz CT molecular complexity index is 988. The third kappa shape index (κ3) is 2.15. The van der Waals surface area contributed by atoms with Gasteiger partial charge >= 0.3 is 0 Å². The molecule has 1 aliphatic carbocycles. The first-order chi connectivity index (χ1) is 11.8. The minimum Gasteiger partial charge on any atom is -0.378 e. The molecule has 0 unspecified atom stereocenters. The van der Waals surface area contributed by atoms with Crippen molar-refractivity contribution in [1.29, 1.82) is 0 Å². The second-order valence-corrected chi connectivity index (χ2v) is 7.45. The van der Waals surface area contributed by atoms with Gasteiger partial charge < -0.3 is 9.64 Å². The summed E-state index contributed by atoms with van der Waals surface area (Å²) in [6.07, 6.45) is 4.42. The zero-order valence-corrected chi connectivity index (χ0v) is 14.1. The molecule has 0 amide bonds. The summed E-state index contributed by atoms with van der Waals surface area (Å²) in [7, 11) is 0. The van der Waals surface area contributed by atoms with E-state index in [2.05, 4.69) is 10.00 Å². The number of hydrogen-bond acceptors (Lipinski definition) is 6. The molecule has 24 heavy (non-hydrogen) atoms. The molecule has 0 atom stereocenters. The van der Waals surface area contributed by atoms with Gasteiger partial charge in [-0.3, -0.25) is 4.79 Å². The van der Waals surface area contributed by atoms with Crippen LogP contribution in [0.5, 0.6) is 0 Å². The van der Waals surface area contributed by atoms with Crippen LogP contribution in [0.3, 0.4) is 0 Å². The highest BCUT2D eigenvalue weighted by atomic mass is 32.1. The Hall–Kier alpha value is -1.99. The molecular formula is C17H18N4O2S. The van der Waals surface area contributed by atoms with Crippen LogP contribution in [0.15, 0.2) is 16.9 Å². The van der Waals surface area contributed by atoms with Crippen LogP contribution in [0.1, 0.15) is 23.3 Å². The minimum atomic E-state index is -0.0236. The first-order valence-electron chi connectivity index (χ1n) is 8.48. The van der Waals surface area contributed by atoms with Crippen molar-refractivity contribution < 1.29 is 4.74 Å². The maximum Gasteiger partial charge on any atom is 0.283 e. The van der Waals surface area contributed by atoms with E-state index in [0.717, 1.165) is 48.4 Å². The third-order valence-electron chi connectivity index (χ3n) is 4.91. The normalized spacial score (nSPS) is 18.2. The molecular weight excluding hydrogens is 324 g/mol. The summed E-state index contributed by atoms with van der Waals surface area (Å²) >= 11 is 1.68. The van der Waals surface area contributed by atoms with Crippen LogP contribution in [0.4, 0.5) is 5.82 Å². The molecule has 6 nitrogen and oxygen atoms in total. The molecule has 0 N–H and O–H groups in total. The lowest BCUT2D eigenvalue weighted by Crippen LogP contribution is -2.37. The van der Waals surface area contributed by atoms with E-state index in [-0.39, 0.29) is 5.56 Å². The van der Waals surface area contributed by atoms with Gasteiger partial charge in [-0.1, -0.05) is 0 Å². The average Bonchev–Trinajstić information content (AvgIpc) is 3.01. The van der Waals surface area contributed by atoms with E-state index < -0.39 is 0 Å². The van der Waals surface area contributed by atoms with E-state index in [1.54, 1.807) is 11.3 Å². The van der Waals surface area contributed by atoms with Gasteiger partial charge in [0.2, 0.25) is 0 Å². The number of anilines is 1. The van der Waals surface area contributed by atoms with E-state index in [1.807, 2.05) is 12.1 Å².